The molecule has 37 heavy (non-hydrogen) atoms. The lowest BCUT2D eigenvalue weighted by Gasteiger charge is -2.14. The summed E-state index contributed by atoms with van der Waals surface area (Å²) in [6.07, 6.45) is -4.50. The van der Waals surface area contributed by atoms with Crippen molar-refractivity contribution in [2.45, 2.75) is 18.8 Å². The van der Waals surface area contributed by atoms with Crippen LogP contribution in [-0.2, 0) is 6.42 Å². The summed E-state index contributed by atoms with van der Waals surface area (Å²) in [5.41, 5.74) is 3.86. The number of benzene rings is 3. The number of nitrogens with one attached hydrogen (secondary N) is 3. The van der Waals surface area contributed by atoms with Gasteiger partial charge in [0.05, 0.1) is 16.7 Å². The number of hydrogen-bond donors (Lipinski definition) is 3. The molecule has 0 radical (unpaired) electrons. The van der Waals surface area contributed by atoms with E-state index in [0.717, 1.165) is 17.7 Å². The van der Waals surface area contributed by atoms with E-state index in [1.807, 2.05) is 6.07 Å². The number of ether oxygens (including phenoxy) is 1. The molecule has 13 heteroatoms. The molecule has 4 rings (SSSR count). The first-order valence-corrected chi connectivity index (χ1v) is 10.7. The van der Waals surface area contributed by atoms with Crippen molar-refractivity contribution in [3.8, 4) is 5.75 Å². The number of hydrazone groups is 1. The Morgan fingerprint density at radius 2 is 1.68 bits per heavy atom. The molecule has 0 heterocycles. The molecule has 0 spiro atoms. The topological polar surface area (TPSA) is 135 Å². The number of amides is 3. The number of urea groups is 1. The fourth-order valence-electron chi connectivity index (χ4n) is 3.78. The van der Waals surface area contributed by atoms with Crippen LogP contribution in [0.25, 0.3) is 0 Å². The van der Waals surface area contributed by atoms with Gasteiger partial charge in [0.25, 0.3) is 11.6 Å². The Morgan fingerprint density at radius 1 is 1.00 bits per heavy atom. The maximum Gasteiger partial charge on any atom is 0.573 e. The molecule has 0 saturated heterocycles. The summed E-state index contributed by atoms with van der Waals surface area (Å²) >= 11 is 0. The summed E-state index contributed by atoms with van der Waals surface area (Å²) in [5, 5.41) is 20.6. The lowest BCUT2D eigenvalue weighted by atomic mass is 10.1. The SMILES string of the molecule is O=C(N/N=C1\c2ccccc2CC1NC(=O)c1ccccc1[N+](=O)[O-])Nc1ccc(OC(F)(F)F)cc1. The molecule has 190 valence electrons. The van der Waals surface area contributed by atoms with Gasteiger partial charge in [0, 0.05) is 17.3 Å². The first kappa shape index (κ1) is 25.2. The van der Waals surface area contributed by atoms with Gasteiger partial charge in [-0.05, 0) is 42.3 Å². The van der Waals surface area contributed by atoms with Gasteiger partial charge < -0.3 is 15.4 Å². The molecule has 1 atom stereocenters. The van der Waals surface area contributed by atoms with E-state index < -0.39 is 35.0 Å². The summed E-state index contributed by atoms with van der Waals surface area (Å²) in [4.78, 5) is 35.9. The molecule has 3 aromatic carbocycles. The second-order valence-electron chi connectivity index (χ2n) is 7.80. The van der Waals surface area contributed by atoms with E-state index in [4.69, 9.17) is 0 Å². The molecule has 0 saturated carbocycles. The Labute approximate surface area is 207 Å². The molecule has 1 aliphatic carbocycles. The number of para-hydroxylation sites is 1. The van der Waals surface area contributed by atoms with Crippen molar-refractivity contribution in [3.63, 3.8) is 0 Å². The third-order valence-electron chi connectivity index (χ3n) is 5.32. The van der Waals surface area contributed by atoms with E-state index in [1.54, 1.807) is 18.2 Å². The van der Waals surface area contributed by atoms with Crippen molar-refractivity contribution < 1.29 is 32.4 Å². The summed E-state index contributed by atoms with van der Waals surface area (Å²) in [6.45, 7) is 0. The second-order valence-corrected chi connectivity index (χ2v) is 7.80. The molecule has 1 aliphatic rings. The van der Waals surface area contributed by atoms with E-state index in [2.05, 4.69) is 25.9 Å². The Balaban J connectivity index is 1.48. The molecule has 0 aromatic heterocycles. The lowest BCUT2D eigenvalue weighted by molar-refractivity contribution is -0.385. The molecule has 0 fully saturated rings. The predicted molar refractivity (Wildman–Crippen MR) is 126 cm³/mol. The zero-order chi connectivity index (χ0) is 26.6. The number of halogens is 3. The fourth-order valence-corrected chi connectivity index (χ4v) is 3.78. The summed E-state index contributed by atoms with van der Waals surface area (Å²) in [5.74, 6) is -1.12. The minimum absolute atomic E-state index is 0.119. The maximum atomic E-state index is 12.9. The highest BCUT2D eigenvalue weighted by Crippen LogP contribution is 2.25. The standard InChI is InChI=1S/C24H18F3N5O5/c25-24(26,27)37-16-11-9-15(10-12-16)28-23(34)31-30-21-17-6-2-1-5-14(17)13-19(21)29-22(33)18-7-3-4-8-20(18)32(35)36/h1-12,19H,13H2,(H,29,33)(H2,28,31,34)/b30-21+. The van der Waals surface area contributed by atoms with Gasteiger partial charge in [-0.25, -0.2) is 10.2 Å². The number of fused-ring (bicyclic) bond motifs is 1. The fraction of sp³-hybridized carbons (Fsp3) is 0.125. The van der Waals surface area contributed by atoms with E-state index in [9.17, 15) is 32.9 Å². The quantitative estimate of drug-likeness (QED) is 0.332. The smallest absolute Gasteiger partial charge is 0.406 e. The Hall–Kier alpha value is -4.94. The van der Waals surface area contributed by atoms with Crippen molar-refractivity contribution in [2.24, 2.45) is 5.10 Å². The molecule has 10 nitrogen and oxygen atoms in total. The van der Waals surface area contributed by atoms with Crippen LogP contribution >= 0.6 is 0 Å². The number of rotatable bonds is 6. The largest absolute Gasteiger partial charge is 0.573 e. The Morgan fingerprint density at radius 3 is 2.38 bits per heavy atom. The van der Waals surface area contributed by atoms with Crippen molar-refractivity contribution in [1.29, 1.82) is 0 Å². The van der Waals surface area contributed by atoms with Gasteiger partial charge >= 0.3 is 12.4 Å². The third-order valence-corrected chi connectivity index (χ3v) is 5.32. The second kappa shape index (κ2) is 10.4. The minimum atomic E-state index is -4.84. The van der Waals surface area contributed by atoms with Crippen LogP contribution in [0.15, 0.2) is 77.9 Å². The number of anilines is 1. The molecular weight excluding hydrogens is 495 g/mol. The van der Waals surface area contributed by atoms with Gasteiger partial charge in [-0.15, -0.1) is 13.2 Å². The predicted octanol–water partition coefficient (Wildman–Crippen LogP) is 4.37. The van der Waals surface area contributed by atoms with E-state index >= 15 is 0 Å². The summed E-state index contributed by atoms with van der Waals surface area (Å²) < 4.78 is 40.7. The number of nitrogens with zero attached hydrogens (tertiary/aromatic N) is 2. The van der Waals surface area contributed by atoms with E-state index in [-0.39, 0.29) is 16.9 Å². The Kier molecular flexibility index (Phi) is 7.04. The number of nitro benzene ring substituents is 1. The van der Waals surface area contributed by atoms with Crippen molar-refractivity contribution in [3.05, 3.63) is 99.6 Å². The van der Waals surface area contributed by atoms with Crippen LogP contribution in [0.2, 0.25) is 0 Å². The lowest BCUT2D eigenvalue weighted by Crippen LogP contribution is -2.41. The van der Waals surface area contributed by atoms with Crippen LogP contribution in [0.1, 0.15) is 21.5 Å². The van der Waals surface area contributed by atoms with Crippen LogP contribution < -0.4 is 20.8 Å². The number of carbonyl (C=O) groups is 2. The van der Waals surface area contributed by atoms with Gasteiger partial charge in [0.15, 0.2) is 0 Å². The third kappa shape index (κ3) is 6.20. The highest BCUT2D eigenvalue weighted by Gasteiger charge is 2.32. The van der Waals surface area contributed by atoms with Gasteiger partial charge in [-0.1, -0.05) is 36.4 Å². The first-order valence-electron chi connectivity index (χ1n) is 10.7. The van der Waals surface area contributed by atoms with Gasteiger partial charge in [-0.3, -0.25) is 14.9 Å². The average Bonchev–Trinajstić information content (AvgIpc) is 3.19. The van der Waals surface area contributed by atoms with Crippen molar-refractivity contribution in [1.82, 2.24) is 10.7 Å². The van der Waals surface area contributed by atoms with Gasteiger partial charge in [0.1, 0.15) is 11.3 Å². The van der Waals surface area contributed by atoms with Gasteiger partial charge in [0.2, 0.25) is 0 Å². The molecule has 3 N–H and O–H groups in total. The zero-order valence-corrected chi connectivity index (χ0v) is 18.8. The molecule has 1 unspecified atom stereocenters. The van der Waals surface area contributed by atoms with E-state index in [1.165, 1.54) is 36.4 Å². The number of carbonyl (C=O) groups excluding carboxylic acids is 2. The van der Waals surface area contributed by atoms with Crippen LogP contribution in [0.5, 0.6) is 5.75 Å². The first-order chi connectivity index (χ1) is 17.6. The minimum Gasteiger partial charge on any atom is -0.406 e. The molecular formula is C24H18F3N5O5. The van der Waals surface area contributed by atoms with Crippen molar-refractivity contribution in [2.75, 3.05) is 5.32 Å². The van der Waals surface area contributed by atoms with Crippen LogP contribution in [0.4, 0.5) is 29.3 Å². The number of hydrogen-bond acceptors (Lipinski definition) is 6. The van der Waals surface area contributed by atoms with Crippen LogP contribution in [0, 0.1) is 10.1 Å². The normalized spacial score (nSPS) is 15.5. The molecule has 3 amide bonds. The molecule has 3 aromatic rings. The maximum absolute atomic E-state index is 12.9. The monoisotopic (exact) mass is 513 g/mol. The molecule has 0 bridgehead atoms. The number of nitro groups is 1. The zero-order valence-electron chi connectivity index (χ0n) is 18.8. The van der Waals surface area contributed by atoms with Crippen LogP contribution in [0.3, 0.4) is 0 Å². The van der Waals surface area contributed by atoms with Crippen LogP contribution in [-0.4, -0.2) is 35.0 Å². The Bertz CT molecular complexity index is 1380. The van der Waals surface area contributed by atoms with E-state index in [0.29, 0.717) is 17.7 Å². The highest BCUT2D eigenvalue weighted by molar-refractivity contribution is 6.11. The average molecular weight is 513 g/mol. The molecule has 0 aliphatic heterocycles. The van der Waals surface area contributed by atoms with Gasteiger partial charge in [-0.2, -0.15) is 5.10 Å². The highest BCUT2D eigenvalue weighted by atomic mass is 19.4. The summed E-state index contributed by atoms with van der Waals surface area (Å²) in [7, 11) is 0. The van der Waals surface area contributed by atoms with Crippen molar-refractivity contribution >= 4 is 29.0 Å². The number of alkyl halides is 3. The summed E-state index contributed by atoms with van der Waals surface area (Å²) in [6, 6.07) is 15.7.